The van der Waals surface area contributed by atoms with Crippen molar-refractivity contribution in [1.82, 2.24) is 0 Å². The van der Waals surface area contributed by atoms with Crippen LogP contribution in [0, 0.1) is 13.8 Å². The highest BCUT2D eigenvalue weighted by molar-refractivity contribution is 7.00. The first kappa shape index (κ1) is 53.0. The third kappa shape index (κ3) is 6.93. The van der Waals surface area contributed by atoms with Crippen LogP contribution >= 0.6 is 0 Å². The SMILES string of the molecule is Cc1cc2c3c(c1)N(c1cc4c(cc1C)C(C)(C)CCC4(C)C)c1cc4c(cc1B3c1ccc(N3c5ccc(C(C)(C)C)cc5C5(C)CCCCC35C)cc1N2c1ccc2c(c1)C(C)(C)c1ccccc1-2)C(C)(C)c1ccccc1C4(C)C. The van der Waals surface area contributed by atoms with Crippen molar-refractivity contribution in [2.75, 3.05) is 14.7 Å². The summed E-state index contributed by atoms with van der Waals surface area (Å²) in [5.41, 5.74) is 33.8. The van der Waals surface area contributed by atoms with E-state index in [-0.39, 0.29) is 50.2 Å². The van der Waals surface area contributed by atoms with Crippen molar-refractivity contribution in [3.8, 4) is 11.1 Å². The zero-order valence-corrected chi connectivity index (χ0v) is 52.9. The molecule has 0 saturated heterocycles. The van der Waals surface area contributed by atoms with Crippen LogP contribution in [-0.2, 0) is 37.9 Å². The smallest absolute Gasteiger partial charge is 0.252 e. The van der Waals surface area contributed by atoms with E-state index >= 15 is 0 Å². The molecule has 0 amide bonds. The Kier molecular flexibility index (Phi) is 10.7. The second kappa shape index (κ2) is 16.8. The van der Waals surface area contributed by atoms with Crippen molar-refractivity contribution in [3.05, 3.63) is 206 Å². The molecule has 0 N–H and O–H groups in total. The lowest BCUT2D eigenvalue weighted by Gasteiger charge is -2.51. The van der Waals surface area contributed by atoms with Gasteiger partial charge in [0.2, 0.25) is 0 Å². The summed E-state index contributed by atoms with van der Waals surface area (Å²) in [5.74, 6) is 0. The van der Waals surface area contributed by atoms with Gasteiger partial charge in [0.15, 0.2) is 0 Å². The number of fused-ring (bicyclic) bond motifs is 13. The third-order valence-corrected chi connectivity index (χ3v) is 23.4. The zero-order chi connectivity index (χ0) is 58.2. The minimum absolute atomic E-state index is 0.000457. The van der Waals surface area contributed by atoms with E-state index in [2.05, 4.69) is 272 Å². The average Bonchev–Trinajstić information content (AvgIpc) is 1.61. The third-order valence-electron chi connectivity index (χ3n) is 23.4. The average molecular weight is 1090 g/mol. The van der Waals surface area contributed by atoms with Gasteiger partial charge in [-0.15, -0.1) is 0 Å². The number of rotatable bonds is 3. The highest BCUT2D eigenvalue weighted by Gasteiger charge is 2.58. The number of benzene rings is 8. The lowest BCUT2D eigenvalue weighted by Crippen LogP contribution is -2.62. The van der Waals surface area contributed by atoms with Crippen molar-refractivity contribution in [2.24, 2.45) is 0 Å². The van der Waals surface area contributed by atoms with Gasteiger partial charge >= 0.3 is 0 Å². The second-order valence-electron chi connectivity index (χ2n) is 31.3. The van der Waals surface area contributed by atoms with Crippen molar-refractivity contribution in [3.63, 3.8) is 0 Å². The first-order valence-electron chi connectivity index (χ1n) is 31.6. The standard InChI is InChI=1S/C79H86BN3/c1-47-38-69-71-70(39-47)82(66-45-59-58(40-48(66)2)73(6,7)36-37-74(59,8)9)68-46-61-60(76(12,13)55-26-20-21-27-56(55)77(61,14)15)44-64(68)80(71)63-32-30-51(83-65-33-28-49(72(3,4)5)41-62(65)78(16)34-22-23-35-79(78,83)17)43-67(63)81(69)50-29-31-53-52-24-18-19-25-54(52)75(10,11)57(53)42-50/h18-21,24-33,38-46H,22-23,34-37H2,1-17H3. The van der Waals surface area contributed by atoms with Crippen LogP contribution in [0.1, 0.15) is 209 Å². The molecule has 8 aromatic rings. The highest BCUT2D eigenvalue weighted by Crippen LogP contribution is 2.63. The van der Waals surface area contributed by atoms with E-state index in [0.29, 0.717) is 0 Å². The predicted molar refractivity (Wildman–Crippen MR) is 355 cm³/mol. The molecule has 3 aliphatic heterocycles. The molecule has 4 heteroatoms. The molecule has 83 heavy (non-hydrogen) atoms. The molecule has 3 nitrogen and oxygen atoms in total. The van der Waals surface area contributed by atoms with E-state index in [0.717, 1.165) is 6.42 Å². The molecule has 4 aliphatic carbocycles. The minimum atomic E-state index is -0.227. The molecule has 2 unspecified atom stereocenters. The Labute approximate surface area is 497 Å². The van der Waals surface area contributed by atoms with Gasteiger partial charge in [0.05, 0.1) is 5.54 Å². The summed E-state index contributed by atoms with van der Waals surface area (Å²) in [6.45, 7) is 41.8. The molecule has 2 atom stereocenters. The summed E-state index contributed by atoms with van der Waals surface area (Å²) in [6.07, 6.45) is 7.19. The van der Waals surface area contributed by atoms with Crippen LogP contribution in [0.2, 0.25) is 0 Å². The molecule has 1 saturated carbocycles. The second-order valence-corrected chi connectivity index (χ2v) is 31.3. The van der Waals surface area contributed by atoms with E-state index in [9.17, 15) is 0 Å². The molecule has 420 valence electrons. The molecule has 7 aliphatic rings. The summed E-state index contributed by atoms with van der Waals surface area (Å²) in [7, 11) is 0. The van der Waals surface area contributed by atoms with Crippen molar-refractivity contribution in [1.29, 1.82) is 0 Å². The van der Waals surface area contributed by atoms with E-state index in [1.807, 2.05) is 0 Å². The van der Waals surface area contributed by atoms with Gasteiger partial charge in [0.25, 0.3) is 6.71 Å². The normalized spacial score (nSPS) is 22.7. The van der Waals surface area contributed by atoms with Gasteiger partial charge in [-0.25, -0.2) is 0 Å². The Morgan fingerprint density at radius 3 is 1.65 bits per heavy atom. The maximum atomic E-state index is 2.82. The summed E-state index contributed by atoms with van der Waals surface area (Å²) in [6, 6.07) is 57.0. The number of nitrogens with zero attached hydrogens (tertiary/aromatic N) is 3. The molecule has 0 aromatic heterocycles. The van der Waals surface area contributed by atoms with E-state index in [1.54, 1.807) is 0 Å². The summed E-state index contributed by atoms with van der Waals surface area (Å²) < 4.78 is 0. The van der Waals surface area contributed by atoms with Crippen LogP contribution in [0.15, 0.2) is 140 Å². The van der Waals surface area contributed by atoms with E-state index < -0.39 is 0 Å². The van der Waals surface area contributed by atoms with Gasteiger partial charge in [0.1, 0.15) is 0 Å². The van der Waals surface area contributed by atoms with E-state index in [4.69, 9.17) is 0 Å². The Bertz CT molecular complexity index is 4160. The monoisotopic (exact) mass is 1090 g/mol. The first-order valence-corrected chi connectivity index (χ1v) is 31.6. The molecular weight excluding hydrogens is 1000 g/mol. The topological polar surface area (TPSA) is 9.72 Å². The number of hydrogen-bond acceptors (Lipinski definition) is 3. The fourth-order valence-electron chi connectivity index (χ4n) is 18.1. The predicted octanol–water partition coefficient (Wildman–Crippen LogP) is 19.0. The molecule has 0 radical (unpaired) electrons. The molecular formula is C79H86BN3. The van der Waals surface area contributed by atoms with Crippen LogP contribution in [0.3, 0.4) is 0 Å². The van der Waals surface area contributed by atoms with Gasteiger partial charge < -0.3 is 14.7 Å². The largest absolute Gasteiger partial charge is 0.334 e. The Morgan fingerprint density at radius 1 is 0.398 bits per heavy atom. The van der Waals surface area contributed by atoms with Crippen molar-refractivity contribution in [2.45, 2.75) is 200 Å². The zero-order valence-electron chi connectivity index (χ0n) is 52.9. The van der Waals surface area contributed by atoms with Crippen LogP contribution in [0.4, 0.5) is 45.5 Å². The molecule has 1 fully saturated rings. The van der Waals surface area contributed by atoms with Gasteiger partial charge in [-0.1, -0.05) is 195 Å². The molecule has 0 bridgehead atoms. The highest BCUT2D eigenvalue weighted by atomic mass is 15.3. The van der Waals surface area contributed by atoms with Gasteiger partial charge in [-0.2, -0.15) is 0 Å². The number of anilines is 8. The van der Waals surface area contributed by atoms with Crippen LogP contribution < -0.4 is 31.1 Å². The first-order chi connectivity index (χ1) is 39.1. The number of hydrogen-bond donors (Lipinski definition) is 0. The molecule has 3 heterocycles. The molecule has 8 aromatic carbocycles. The van der Waals surface area contributed by atoms with E-state index in [1.165, 1.54) is 172 Å². The summed E-state index contributed by atoms with van der Waals surface area (Å²) in [4.78, 5) is 8.30. The Morgan fingerprint density at radius 2 is 0.964 bits per heavy atom. The van der Waals surface area contributed by atoms with Crippen molar-refractivity contribution >= 4 is 68.6 Å². The van der Waals surface area contributed by atoms with Gasteiger partial charge in [-0.3, -0.25) is 0 Å². The maximum Gasteiger partial charge on any atom is 0.252 e. The van der Waals surface area contributed by atoms with Crippen LogP contribution in [-0.4, -0.2) is 12.3 Å². The van der Waals surface area contributed by atoms with Crippen LogP contribution in [0.5, 0.6) is 0 Å². The van der Waals surface area contributed by atoms with Gasteiger partial charge in [-0.05, 0) is 212 Å². The lowest BCUT2D eigenvalue weighted by molar-refractivity contribution is 0.195. The minimum Gasteiger partial charge on any atom is -0.334 e. The Hall–Kier alpha value is -6.78. The summed E-state index contributed by atoms with van der Waals surface area (Å²) >= 11 is 0. The summed E-state index contributed by atoms with van der Waals surface area (Å²) in [5, 5.41) is 0. The van der Waals surface area contributed by atoms with Gasteiger partial charge in [0, 0.05) is 67.2 Å². The maximum absolute atomic E-state index is 2.82. The number of aryl methyl sites for hydroxylation is 2. The quantitative estimate of drug-likeness (QED) is 0.163. The van der Waals surface area contributed by atoms with Crippen molar-refractivity contribution < 1.29 is 0 Å². The lowest BCUT2D eigenvalue weighted by atomic mass is 9.33. The molecule has 0 spiro atoms. The van der Waals surface area contributed by atoms with Crippen LogP contribution in [0.25, 0.3) is 11.1 Å². The Balaban J connectivity index is 1.04. The molecule has 15 rings (SSSR count). The fraction of sp³-hybridized carbons (Fsp3) is 0.392. The fourth-order valence-corrected chi connectivity index (χ4v) is 18.1.